The topological polar surface area (TPSA) is 69.7 Å². The minimum atomic E-state index is -4.48. The molecule has 3 aromatic carbocycles. The molecule has 0 radical (unpaired) electrons. The van der Waals surface area contributed by atoms with Gasteiger partial charge in [0.25, 0.3) is 10.0 Å². The molecule has 11 heteroatoms. The van der Waals surface area contributed by atoms with Crippen LogP contribution in [-0.4, -0.2) is 32.4 Å². The Morgan fingerprint density at radius 3 is 2.34 bits per heavy atom. The molecule has 0 bridgehead atoms. The van der Waals surface area contributed by atoms with E-state index in [4.69, 9.17) is 0 Å². The number of nitrogens with one attached hydrogen (secondary N) is 1. The van der Waals surface area contributed by atoms with Crippen LogP contribution in [0.15, 0.2) is 77.7 Å². The van der Waals surface area contributed by atoms with Gasteiger partial charge in [0.05, 0.1) is 16.1 Å². The lowest BCUT2D eigenvalue weighted by Gasteiger charge is -2.36. The summed E-state index contributed by atoms with van der Waals surface area (Å²) < 4.78 is 79.9. The summed E-state index contributed by atoms with van der Waals surface area (Å²) in [6, 6.07) is 15.0. The number of alkyl halides is 3. The zero-order valence-corrected chi connectivity index (χ0v) is 19.1. The molecule has 6 nitrogen and oxygen atoms in total. The van der Waals surface area contributed by atoms with E-state index in [2.05, 4.69) is 4.72 Å². The third-order valence-electron chi connectivity index (χ3n) is 5.47. The minimum absolute atomic E-state index is 0.0101. The van der Waals surface area contributed by atoms with Gasteiger partial charge in [-0.1, -0.05) is 18.2 Å². The number of rotatable bonds is 6. The molecule has 1 fully saturated rings. The number of amides is 2. The number of sulfonamides is 1. The predicted octanol–water partition coefficient (Wildman–Crippen LogP) is 5.48. The SMILES string of the molecule is O=C1N(Cc2cccc(C(F)(F)F)c2)CCCN1c1cccc(NS(=O)(=O)c2ccc(F)cc2)c1. The van der Waals surface area contributed by atoms with E-state index in [1.165, 1.54) is 34.1 Å². The molecule has 184 valence electrons. The van der Waals surface area contributed by atoms with Gasteiger partial charge in [-0.3, -0.25) is 9.62 Å². The largest absolute Gasteiger partial charge is 0.416 e. The normalized spacial score (nSPS) is 14.8. The first kappa shape index (κ1) is 24.5. The summed E-state index contributed by atoms with van der Waals surface area (Å²) >= 11 is 0. The van der Waals surface area contributed by atoms with Crippen LogP contribution in [0.3, 0.4) is 0 Å². The van der Waals surface area contributed by atoms with Gasteiger partial charge in [-0.15, -0.1) is 0 Å². The number of hydrogen-bond donors (Lipinski definition) is 1. The predicted molar refractivity (Wildman–Crippen MR) is 123 cm³/mol. The molecule has 0 aliphatic carbocycles. The zero-order chi connectivity index (χ0) is 25.2. The number of anilines is 2. The van der Waals surface area contributed by atoms with E-state index in [9.17, 15) is 30.8 Å². The Kier molecular flexibility index (Phi) is 6.70. The quantitative estimate of drug-likeness (QED) is 0.450. The lowest BCUT2D eigenvalue weighted by atomic mass is 10.1. The van der Waals surface area contributed by atoms with Crippen molar-refractivity contribution in [1.29, 1.82) is 0 Å². The summed E-state index contributed by atoms with van der Waals surface area (Å²) in [6.45, 7) is 0.755. The van der Waals surface area contributed by atoms with Crippen molar-refractivity contribution >= 4 is 27.4 Å². The van der Waals surface area contributed by atoms with Crippen LogP contribution < -0.4 is 9.62 Å². The fourth-order valence-corrected chi connectivity index (χ4v) is 4.85. The van der Waals surface area contributed by atoms with Crippen LogP contribution in [0.2, 0.25) is 0 Å². The second kappa shape index (κ2) is 9.57. The summed E-state index contributed by atoms with van der Waals surface area (Å²) in [5, 5.41) is 0. The Morgan fingerprint density at radius 2 is 1.63 bits per heavy atom. The first-order chi connectivity index (χ1) is 16.5. The van der Waals surface area contributed by atoms with Gasteiger partial charge in [-0.25, -0.2) is 17.6 Å². The number of urea groups is 1. The maximum absolute atomic E-state index is 13.1. The summed E-state index contributed by atoms with van der Waals surface area (Å²) in [5.74, 6) is -0.566. The molecule has 0 saturated carbocycles. The molecule has 2 amide bonds. The molecule has 1 aliphatic heterocycles. The highest BCUT2D eigenvalue weighted by molar-refractivity contribution is 7.92. The first-order valence-corrected chi connectivity index (χ1v) is 12.1. The van der Waals surface area contributed by atoms with Crippen molar-refractivity contribution < 1.29 is 30.8 Å². The Labute approximate surface area is 199 Å². The summed E-state index contributed by atoms with van der Waals surface area (Å²) in [7, 11) is -3.98. The molecule has 0 spiro atoms. The fraction of sp³-hybridized carbons (Fsp3) is 0.208. The standard InChI is InChI=1S/C24H21F4N3O3S/c25-19-8-10-22(11-9-19)35(33,34)29-20-6-2-7-21(15-20)31-13-3-12-30(23(31)32)16-17-4-1-5-18(14-17)24(26,27)28/h1-2,4-11,14-15,29H,3,12-13,16H2. The highest BCUT2D eigenvalue weighted by Gasteiger charge is 2.31. The van der Waals surface area contributed by atoms with Crippen molar-refractivity contribution in [3.8, 4) is 0 Å². The summed E-state index contributed by atoms with van der Waals surface area (Å²) in [5.41, 5.74) is 0.214. The Hall–Kier alpha value is -3.60. The lowest BCUT2D eigenvalue weighted by molar-refractivity contribution is -0.137. The maximum Gasteiger partial charge on any atom is 0.416 e. The third kappa shape index (κ3) is 5.73. The second-order valence-electron chi connectivity index (χ2n) is 8.02. The van der Waals surface area contributed by atoms with Crippen LogP contribution in [0, 0.1) is 5.82 Å². The van der Waals surface area contributed by atoms with E-state index in [0.717, 1.165) is 36.4 Å². The van der Waals surface area contributed by atoms with E-state index in [1.54, 1.807) is 12.1 Å². The van der Waals surface area contributed by atoms with Crippen LogP contribution in [0.1, 0.15) is 17.5 Å². The first-order valence-electron chi connectivity index (χ1n) is 10.6. The molecule has 0 atom stereocenters. The van der Waals surface area contributed by atoms with Crippen molar-refractivity contribution in [1.82, 2.24) is 4.90 Å². The molecule has 4 rings (SSSR count). The number of carbonyl (C=O) groups excluding carboxylic acids is 1. The van der Waals surface area contributed by atoms with Gasteiger partial charge >= 0.3 is 12.2 Å². The summed E-state index contributed by atoms with van der Waals surface area (Å²) in [4.78, 5) is 15.9. The molecular formula is C24H21F4N3O3S. The highest BCUT2D eigenvalue weighted by Crippen LogP contribution is 2.30. The van der Waals surface area contributed by atoms with Crippen LogP contribution in [0.25, 0.3) is 0 Å². The Bertz CT molecular complexity index is 1330. The number of nitrogens with zero attached hydrogens (tertiary/aromatic N) is 2. The second-order valence-corrected chi connectivity index (χ2v) is 9.70. The monoisotopic (exact) mass is 507 g/mol. The smallest absolute Gasteiger partial charge is 0.320 e. The number of hydrogen-bond acceptors (Lipinski definition) is 3. The van der Waals surface area contributed by atoms with Gasteiger partial charge in [0.15, 0.2) is 0 Å². The number of halogens is 4. The van der Waals surface area contributed by atoms with E-state index in [-0.39, 0.29) is 17.1 Å². The molecule has 0 aromatic heterocycles. The van der Waals surface area contributed by atoms with Gasteiger partial charge in [0.1, 0.15) is 5.82 Å². The highest BCUT2D eigenvalue weighted by atomic mass is 32.2. The van der Waals surface area contributed by atoms with Gasteiger partial charge < -0.3 is 4.90 Å². The Balaban J connectivity index is 1.51. The molecule has 1 N–H and O–H groups in total. The van der Waals surface area contributed by atoms with Crippen molar-refractivity contribution in [2.45, 2.75) is 24.0 Å². The van der Waals surface area contributed by atoms with Crippen molar-refractivity contribution in [3.63, 3.8) is 0 Å². The van der Waals surface area contributed by atoms with E-state index in [1.807, 2.05) is 0 Å². The van der Waals surface area contributed by atoms with Crippen molar-refractivity contribution in [2.75, 3.05) is 22.7 Å². The third-order valence-corrected chi connectivity index (χ3v) is 6.87. The average Bonchev–Trinajstić information content (AvgIpc) is 2.80. The molecule has 3 aromatic rings. The van der Waals surface area contributed by atoms with Crippen LogP contribution in [0.4, 0.5) is 33.7 Å². The molecular weight excluding hydrogens is 486 g/mol. The van der Waals surface area contributed by atoms with Gasteiger partial charge in [0.2, 0.25) is 0 Å². The average molecular weight is 508 g/mol. The van der Waals surface area contributed by atoms with Crippen molar-refractivity contribution in [3.05, 3.63) is 89.7 Å². The minimum Gasteiger partial charge on any atom is -0.320 e. The van der Waals surface area contributed by atoms with Gasteiger partial charge in [-0.05, 0) is 66.6 Å². The molecule has 0 unspecified atom stereocenters. The van der Waals surface area contributed by atoms with E-state index in [0.29, 0.717) is 30.8 Å². The molecule has 35 heavy (non-hydrogen) atoms. The number of benzene rings is 3. The van der Waals surface area contributed by atoms with Crippen LogP contribution in [-0.2, 0) is 22.7 Å². The van der Waals surface area contributed by atoms with E-state index < -0.39 is 33.6 Å². The van der Waals surface area contributed by atoms with Gasteiger partial charge in [-0.2, -0.15) is 13.2 Å². The fourth-order valence-electron chi connectivity index (χ4n) is 3.80. The Morgan fingerprint density at radius 1 is 0.914 bits per heavy atom. The molecule has 1 saturated heterocycles. The maximum atomic E-state index is 13.1. The number of carbonyl (C=O) groups is 1. The lowest BCUT2D eigenvalue weighted by Crippen LogP contribution is -2.49. The van der Waals surface area contributed by atoms with Crippen molar-refractivity contribution in [2.24, 2.45) is 0 Å². The zero-order valence-electron chi connectivity index (χ0n) is 18.3. The van der Waals surface area contributed by atoms with E-state index >= 15 is 0 Å². The van der Waals surface area contributed by atoms with Crippen LogP contribution >= 0.6 is 0 Å². The van der Waals surface area contributed by atoms with Crippen LogP contribution in [0.5, 0.6) is 0 Å². The molecule has 1 aliphatic rings. The summed E-state index contributed by atoms with van der Waals surface area (Å²) in [6.07, 6.45) is -3.90. The molecule has 1 heterocycles. The van der Waals surface area contributed by atoms with Gasteiger partial charge in [0, 0.05) is 25.3 Å².